The summed E-state index contributed by atoms with van der Waals surface area (Å²) in [4.78, 5) is 0. The van der Waals surface area contributed by atoms with Crippen molar-refractivity contribution in [2.45, 2.75) is 43.7 Å². The Labute approximate surface area is 124 Å². The summed E-state index contributed by atoms with van der Waals surface area (Å²) in [6.45, 7) is 1.29. The van der Waals surface area contributed by atoms with Crippen LogP contribution < -0.4 is 0 Å². The van der Waals surface area contributed by atoms with Gasteiger partial charge in [0.05, 0.1) is 25.4 Å². The van der Waals surface area contributed by atoms with E-state index in [-0.39, 0.29) is 18.4 Å². The SMILES string of the molecule is OCc1ccccc1[C@@]1(O)C[C@H]2CC[C@@H]1CC21OCCO1. The first-order valence-electron chi connectivity index (χ1n) is 7.87. The molecule has 114 valence electrons. The molecule has 2 bridgehead atoms. The zero-order valence-electron chi connectivity index (χ0n) is 12.1. The Morgan fingerprint density at radius 1 is 1.05 bits per heavy atom. The summed E-state index contributed by atoms with van der Waals surface area (Å²) in [6.07, 6.45) is 3.46. The second-order valence-electron chi connectivity index (χ2n) is 6.63. The van der Waals surface area contributed by atoms with Gasteiger partial charge in [-0.25, -0.2) is 0 Å². The molecular weight excluding hydrogens is 268 g/mol. The van der Waals surface area contributed by atoms with E-state index in [2.05, 4.69) is 0 Å². The predicted molar refractivity (Wildman–Crippen MR) is 76.3 cm³/mol. The van der Waals surface area contributed by atoms with Crippen LogP contribution in [0, 0.1) is 11.8 Å². The maximum absolute atomic E-state index is 11.4. The van der Waals surface area contributed by atoms with E-state index < -0.39 is 11.4 Å². The fraction of sp³-hybridized carbons (Fsp3) is 0.647. The fourth-order valence-corrected chi connectivity index (χ4v) is 4.68. The van der Waals surface area contributed by atoms with E-state index in [9.17, 15) is 10.2 Å². The average Bonchev–Trinajstić information content (AvgIpc) is 2.97. The highest BCUT2D eigenvalue weighted by Gasteiger charge is 2.60. The molecular formula is C17H22O4. The van der Waals surface area contributed by atoms with Gasteiger partial charge in [0, 0.05) is 12.3 Å². The van der Waals surface area contributed by atoms with E-state index in [1.807, 2.05) is 24.3 Å². The third-order valence-electron chi connectivity index (χ3n) is 5.68. The standard InChI is InChI=1S/C17H22O4/c18-11-12-3-1-2-4-15(12)16(19)9-14-6-5-13(16)10-17(14)20-7-8-21-17/h1-4,13-14,18-19H,5-11H2/t13-,14-,16-/m1/s1. The molecule has 1 aromatic carbocycles. The lowest BCUT2D eigenvalue weighted by Crippen LogP contribution is -2.58. The lowest BCUT2D eigenvalue weighted by molar-refractivity contribution is -0.280. The Hall–Kier alpha value is -0.940. The molecule has 1 spiro atoms. The first kappa shape index (κ1) is 13.7. The Bertz CT molecular complexity index is 537. The number of hydrogen-bond donors (Lipinski definition) is 2. The molecule has 3 atom stereocenters. The summed E-state index contributed by atoms with van der Waals surface area (Å²) < 4.78 is 11.8. The molecule has 1 aromatic rings. The van der Waals surface area contributed by atoms with Crippen molar-refractivity contribution >= 4 is 0 Å². The molecule has 0 unspecified atom stereocenters. The zero-order valence-corrected chi connectivity index (χ0v) is 12.1. The summed E-state index contributed by atoms with van der Waals surface area (Å²) in [5, 5.41) is 20.9. The molecule has 3 saturated carbocycles. The van der Waals surface area contributed by atoms with Crippen molar-refractivity contribution in [3.8, 4) is 0 Å². The van der Waals surface area contributed by atoms with Crippen molar-refractivity contribution in [3.05, 3.63) is 35.4 Å². The van der Waals surface area contributed by atoms with Gasteiger partial charge in [-0.15, -0.1) is 0 Å². The Balaban J connectivity index is 1.71. The van der Waals surface area contributed by atoms with Crippen LogP contribution in [0.4, 0.5) is 0 Å². The molecule has 1 aliphatic heterocycles. The summed E-state index contributed by atoms with van der Waals surface area (Å²) >= 11 is 0. The Morgan fingerprint density at radius 3 is 2.43 bits per heavy atom. The van der Waals surface area contributed by atoms with Gasteiger partial charge >= 0.3 is 0 Å². The molecule has 1 saturated heterocycles. The molecule has 0 radical (unpaired) electrons. The number of hydrogen-bond acceptors (Lipinski definition) is 4. The lowest BCUT2D eigenvalue weighted by atomic mass is 9.57. The van der Waals surface area contributed by atoms with Gasteiger partial charge in [0.1, 0.15) is 0 Å². The molecule has 2 N–H and O–H groups in total. The first-order chi connectivity index (χ1) is 10.2. The van der Waals surface area contributed by atoms with Crippen molar-refractivity contribution in [2.24, 2.45) is 11.8 Å². The number of rotatable bonds is 2. The van der Waals surface area contributed by atoms with Crippen LogP contribution in [0.3, 0.4) is 0 Å². The summed E-state index contributed by atoms with van der Waals surface area (Å²) in [6, 6.07) is 7.69. The third-order valence-corrected chi connectivity index (χ3v) is 5.68. The number of aliphatic hydroxyl groups excluding tert-OH is 1. The summed E-state index contributed by atoms with van der Waals surface area (Å²) in [5.41, 5.74) is 0.855. The van der Waals surface area contributed by atoms with Gasteiger partial charge in [0.2, 0.25) is 0 Å². The number of aliphatic hydroxyl groups is 2. The van der Waals surface area contributed by atoms with Crippen LogP contribution in [0.15, 0.2) is 24.3 Å². The van der Waals surface area contributed by atoms with E-state index in [4.69, 9.17) is 9.47 Å². The van der Waals surface area contributed by atoms with Gasteiger partial charge in [-0.05, 0) is 36.3 Å². The molecule has 21 heavy (non-hydrogen) atoms. The minimum absolute atomic E-state index is 0.0337. The van der Waals surface area contributed by atoms with Crippen molar-refractivity contribution in [2.75, 3.05) is 13.2 Å². The average molecular weight is 290 g/mol. The number of fused-ring (bicyclic) bond motifs is 2. The van der Waals surface area contributed by atoms with Gasteiger partial charge < -0.3 is 19.7 Å². The summed E-state index contributed by atoms with van der Waals surface area (Å²) in [7, 11) is 0. The van der Waals surface area contributed by atoms with Crippen molar-refractivity contribution < 1.29 is 19.7 Å². The molecule has 4 heteroatoms. The predicted octanol–water partition coefficient (Wildman–Crippen LogP) is 1.93. The first-order valence-corrected chi connectivity index (χ1v) is 7.87. The van der Waals surface area contributed by atoms with Crippen molar-refractivity contribution in [1.29, 1.82) is 0 Å². The minimum Gasteiger partial charge on any atom is -0.392 e. The van der Waals surface area contributed by atoms with Crippen LogP contribution >= 0.6 is 0 Å². The molecule has 5 rings (SSSR count). The second kappa shape index (κ2) is 4.78. The molecule has 4 nitrogen and oxygen atoms in total. The van der Waals surface area contributed by atoms with Crippen LogP contribution in [-0.4, -0.2) is 29.2 Å². The quantitative estimate of drug-likeness (QED) is 0.874. The van der Waals surface area contributed by atoms with E-state index in [1.165, 1.54) is 0 Å². The van der Waals surface area contributed by atoms with Crippen LogP contribution in [-0.2, 0) is 21.7 Å². The molecule has 0 amide bonds. The molecule has 3 aliphatic carbocycles. The number of benzene rings is 1. The fourth-order valence-electron chi connectivity index (χ4n) is 4.68. The Kier molecular flexibility index (Phi) is 3.12. The highest BCUT2D eigenvalue weighted by molar-refractivity contribution is 5.34. The van der Waals surface area contributed by atoms with Gasteiger partial charge in [0.25, 0.3) is 0 Å². The lowest BCUT2D eigenvalue weighted by Gasteiger charge is -2.56. The highest BCUT2D eigenvalue weighted by Crippen LogP contribution is 2.58. The molecule has 1 heterocycles. The summed E-state index contributed by atoms with van der Waals surface area (Å²) in [5.74, 6) is -0.0846. The largest absolute Gasteiger partial charge is 0.392 e. The minimum atomic E-state index is -0.858. The topological polar surface area (TPSA) is 58.9 Å². The van der Waals surface area contributed by atoms with Crippen LogP contribution in [0.5, 0.6) is 0 Å². The van der Waals surface area contributed by atoms with Crippen LogP contribution in [0.2, 0.25) is 0 Å². The van der Waals surface area contributed by atoms with Gasteiger partial charge in [0.15, 0.2) is 5.79 Å². The molecule has 4 aliphatic rings. The van der Waals surface area contributed by atoms with E-state index in [0.29, 0.717) is 19.6 Å². The van der Waals surface area contributed by atoms with E-state index >= 15 is 0 Å². The van der Waals surface area contributed by atoms with Gasteiger partial charge in [-0.1, -0.05) is 24.3 Å². The zero-order chi connectivity index (χ0) is 14.5. The maximum atomic E-state index is 11.4. The van der Waals surface area contributed by atoms with Crippen molar-refractivity contribution in [3.63, 3.8) is 0 Å². The monoisotopic (exact) mass is 290 g/mol. The van der Waals surface area contributed by atoms with Crippen LogP contribution in [0.1, 0.15) is 36.8 Å². The second-order valence-corrected chi connectivity index (χ2v) is 6.63. The van der Waals surface area contributed by atoms with E-state index in [1.54, 1.807) is 0 Å². The third kappa shape index (κ3) is 1.90. The highest BCUT2D eigenvalue weighted by atomic mass is 16.7. The maximum Gasteiger partial charge on any atom is 0.171 e. The normalized spacial score (nSPS) is 37.2. The van der Waals surface area contributed by atoms with Crippen LogP contribution in [0.25, 0.3) is 0 Å². The van der Waals surface area contributed by atoms with Gasteiger partial charge in [-0.2, -0.15) is 0 Å². The van der Waals surface area contributed by atoms with E-state index in [0.717, 1.165) is 30.4 Å². The Morgan fingerprint density at radius 2 is 1.76 bits per heavy atom. The van der Waals surface area contributed by atoms with Gasteiger partial charge in [-0.3, -0.25) is 0 Å². The molecule has 4 fully saturated rings. The van der Waals surface area contributed by atoms with Crippen molar-refractivity contribution in [1.82, 2.24) is 0 Å². The number of ether oxygens (including phenoxy) is 2. The molecule has 0 aromatic heterocycles. The smallest absolute Gasteiger partial charge is 0.171 e.